The van der Waals surface area contributed by atoms with Gasteiger partial charge in [0.05, 0.1) is 25.6 Å². The van der Waals surface area contributed by atoms with Gasteiger partial charge in [0.25, 0.3) is 0 Å². The molecule has 0 rings (SSSR count). The third-order valence-electron chi connectivity index (χ3n) is 10.8. The number of allylic oxidation sites excluding steroid dienone is 4. The molecule has 0 saturated heterocycles. The van der Waals surface area contributed by atoms with Crippen molar-refractivity contribution >= 4 is 11.9 Å². The summed E-state index contributed by atoms with van der Waals surface area (Å²) in [7, 11) is 0. The second-order valence-corrected chi connectivity index (χ2v) is 16.3. The minimum atomic E-state index is -0.355. The fraction of sp³-hybridized carbons (Fsp3) is 0.880. The molecule has 0 amide bonds. The third kappa shape index (κ3) is 39.7. The molecule has 1 atom stereocenters. The lowest BCUT2D eigenvalue weighted by molar-refractivity contribution is -0.159. The molecule has 58 heavy (non-hydrogen) atoms. The van der Waals surface area contributed by atoms with Gasteiger partial charge in [0.2, 0.25) is 0 Å². The Balaban J connectivity index is 4.14. The molecule has 0 saturated carbocycles. The molecule has 0 fully saturated rings. The molecule has 8 nitrogen and oxygen atoms in total. The van der Waals surface area contributed by atoms with Gasteiger partial charge in [0.1, 0.15) is 0 Å². The number of unbranched alkanes of at least 4 members (excludes halogenated alkanes) is 17. The van der Waals surface area contributed by atoms with Gasteiger partial charge in [-0.25, -0.2) is 0 Å². The van der Waals surface area contributed by atoms with E-state index < -0.39 is 0 Å². The van der Waals surface area contributed by atoms with E-state index in [1.807, 2.05) is 0 Å². The van der Waals surface area contributed by atoms with Crippen LogP contribution in [-0.2, 0) is 28.5 Å². The van der Waals surface area contributed by atoms with Crippen molar-refractivity contribution in [1.82, 2.24) is 4.90 Å². The monoisotopic (exact) mass is 822 g/mol. The highest BCUT2D eigenvalue weighted by molar-refractivity contribution is 5.72. The van der Waals surface area contributed by atoms with Crippen LogP contribution in [-0.4, -0.2) is 80.9 Å². The minimum Gasteiger partial charge on any atom is -0.466 e. The summed E-state index contributed by atoms with van der Waals surface area (Å²) in [6.07, 6.45) is 40.1. The zero-order chi connectivity index (χ0) is 42.4. The Hall–Kier alpha value is -1.74. The molecule has 0 spiro atoms. The van der Waals surface area contributed by atoms with Crippen molar-refractivity contribution in [2.24, 2.45) is 5.92 Å². The van der Waals surface area contributed by atoms with Crippen molar-refractivity contribution in [2.45, 2.75) is 227 Å². The fourth-order valence-corrected chi connectivity index (χ4v) is 7.12. The SMILES string of the molecule is CC/C=C\CCCCOC(CCC(=O)OCCCCCCN(CCCO)CCCCCCCCCOC(=O)C(CCCC)CCCCCC)OCCCC/C=C\CC. The van der Waals surface area contributed by atoms with Gasteiger partial charge in [0, 0.05) is 32.8 Å². The van der Waals surface area contributed by atoms with Crippen LogP contribution in [0.4, 0.5) is 0 Å². The second-order valence-electron chi connectivity index (χ2n) is 16.3. The van der Waals surface area contributed by atoms with E-state index in [9.17, 15) is 14.7 Å². The zero-order valence-electron chi connectivity index (χ0n) is 38.7. The topological polar surface area (TPSA) is 94.5 Å². The number of ether oxygens (including phenoxy) is 4. The number of hydrogen-bond acceptors (Lipinski definition) is 8. The van der Waals surface area contributed by atoms with Crippen molar-refractivity contribution in [3.05, 3.63) is 24.3 Å². The summed E-state index contributed by atoms with van der Waals surface area (Å²) in [5, 5.41) is 9.42. The number of rotatable bonds is 46. The van der Waals surface area contributed by atoms with Crippen LogP contribution >= 0.6 is 0 Å². The summed E-state index contributed by atoms with van der Waals surface area (Å²) in [4.78, 5) is 27.7. The van der Waals surface area contributed by atoms with Crippen molar-refractivity contribution in [3.63, 3.8) is 0 Å². The lowest BCUT2D eigenvalue weighted by atomic mass is 9.95. The smallest absolute Gasteiger partial charge is 0.308 e. The number of hydrogen-bond donors (Lipinski definition) is 1. The third-order valence-corrected chi connectivity index (χ3v) is 10.8. The first-order chi connectivity index (χ1) is 28.5. The summed E-state index contributed by atoms with van der Waals surface area (Å²) >= 11 is 0. The molecule has 0 aliphatic heterocycles. The zero-order valence-corrected chi connectivity index (χ0v) is 38.7. The number of carbonyl (C=O) groups is 2. The average molecular weight is 822 g/mol. The van der Waals surface area contributed by atoms with Crippen molar-refractivity contribution in [2.75, 3.05) is 52.7 Å². The van der Waals surface area contributed by atoms with Crippen LogP contribution in [0.1, 0.15) is 220 Å². The Labute approximate surface area is 359 Å². The van der Waals surface area contributed by atoms with Gasteiger partial charge in [-0.05, 0) is 109 Å². The molecule has 0 aromatic heterocycles. The van der Waals surface area contributed by atoms with Crippen LogP contribution in [0.25, 0.3) is 0 Å². The van der Waals surface area contributed by atoms with Gasteiger partial charge in [0.15, 0.2) is 6.29 Å². The molecular weight excluding hydrogens is 727 g/mol. The highest BCUT2D eigenvalue weighted by atomic mass is 16.7. The quantitative estimate of drug-likeness (QED) is 0.0281. The van der Waals surface area contributed by atoms with Crippen LogP contribution in [0.5, 0.6) is 0 Å². The van der Waals surface area contributed by atoms with Crippen molar-refractivity contribution in [3.8, 4) is 0 Å². The highest BCUT2D eigenvalue weighted by Crippen LogP contribution is 2.20. The van der Waals surface area contributed by atoms with Gasteiger partial charge < -0.3 is 29.0 Å². The lowest BCUT2D eigenvalue weighted by Crippen LogP contribution is -2.28. The maximum absolute atomic E-state index is 12.7. The first kappa shape index (κ1) is 56.3. The molecule has 1 unspecified atom stereocenters. The van der Waals surface area contributed by atoms with Gasteiger partial charge in [-0.1, -0.05) is 135 Å². The highest BCUT2D eigenvalue weighted by Gasteiger charge is 2.19. The largest absolute Gasteiger partial charge is 0.466 e. The van der Waals surface area contributed by atoms with E-state index in [1.54, 1.807) is 0 Å². The molecule has 0 radical (unpaired) electrons. The van der Waals surface area contributed by atoms with E-state index in [0.29, 0.717) is 39.3 Å². The Morgan fingerprint density at radius 2 is 0.983 bits per heavy atom. The van der Waals surface area contributed by atoms with E-state index in [-0.39, 0.29) is 30.8 Å². The van der Waals surface area contributed by atoms with E-state index in [2.05, 4.69) is 56.9 Å². The molecule has 342 valence electrons. The number of carbonyl (C=O) groups excluding carboxylic acids is 2. The molecule has 0 heterocycles. The number of aliphatic hydroxyl groups is 1. The molecule has 0 aliphatic rings. The molecule has 1 N–H and O–H groups in total. The van der Waals surface area contributed by atoms with E-state index in [4.69, 9.17) is 18.9 Å². The van der Waals surface area contributed by atoms with E-state index in [0.717, 1.165) is 148 Å². The normalized spacial score (nSPS) is 12.5. The molecule has 0 aromatic rings. The van der Waals surface area contributed by atoms with Crippen LogP contribution in [0.2, 0.25) is 0 Å². The first-order valence-electron chi connectivity index (χ1n) is 24.7. The van der Waals surface area contributed by atoms with Crippen LogP contribution < -0.4 is 0 Å². The molecule has 0 bridgehead atoms. The summed E-state index contributed by atoms with van der Waals surface area (Å²) in [5.74, 6) is -0.0298. The van der Waals surface area contributed by atoms with Crippen molar-refractivity contribution in [1.29, 1.82) is 0 Å². The maximum Gasteiger partial charge on any atom is 0.308 e. The molecular formula is C50H95NO7. The number of aliphatic hydroxyl groups excluding tert-OH is 1. The maximum atomic E-state index is 12.7. The van der Waals surface area contributed by atoms with Crippen LogP contribution in [0.3, 0.4) is 0 Å². The van der Waals surface area contributed by atoms with Gasteiger partial charge in [-0.3, -0.25) is 9.59 Å². The Kier molecular flexibility index (Phi) is 44.9. The lowest BCUT2D eigenvalue weighted by Gasteiger charge is -2.22. The molecule has 0 aromatic carbocycles. The Morgan fingerprint density at radius 3 is 1.53 bits per heavy atom. The Morgan fingerprint density at radius 1 is 0.500 bits per heavy atom. The molecule has 0 aliphatic carbocycles. The Bertz CT molecular complexity index is 902. The standard InChI is InChI=1S/C50H95NO7/c1-5-9-13-16-23-31-44-56-49(57-45-32-24-17-14-10-6-2)38-37-48(53)55-43-30-26-22-29-40-51(41-34-42-52)39-28-21-19-18-20-25-33-46-58-50(54)47(35-12-8-4)36-27-15-11-7-3/h9-10,13-14,47,49,52H,5-8,11-12,15-46H2,1-4H3/b13-9-,14-10-. The van der Waals surface area contributed by atoms with E-state index >= 15 is 0 Å². The van der Waals surface area contributed by atoms with Gasteiger partial charge in [-0.15, -0.1) is 0 Å². The second kappa shape index (κ2) is 46.3. The van der Waals surface area contributed by atoms with Crippen LogP contribution in [0, 0.1) is 5.92 Å². The predicted molar refractivity (Wildman–Crippen MR) is 244 cm³/mol. The first-order valence-corrected chi connectivity index (χ1v) is 24.7. The number of esters is 2. The minimum absolute atomic E-state index is 0.0400. The van der Waals surface area contributed by atoms with Gasteiger partial charge in [-0.2, -0.15) is 0 Å². The summed E-state index contributed by atoms with van der Waals surface area (Å²) in [5.41, 5.74) is 0. The summed E-state index contributed by atoms with van der Waals surface area (Å²) < 4.78 is 23.4. The summed E-state index contributed by atoms with van der Waals surface area (Å²) in [6.45, 7) is 14.4. The van der Waals surface area contributed by atoms with Gasteiger partial charge >= 0.3 is 11.9 Å². The predicted octanol–water partition coefficient (Wildman–Crippen LogP) is 13.2. The fourth-order valence-electron chi connectivity index (χ4n) is 7.12. The average Bonchev–Trinajstić information content (AvgIpc) is 3.23. The van der Waals surface area contributed by atoms with Crippen LogP contribution in [0.15, 0.2) is 24.3 Å². The van der Waals surface area contributed by atoms with Crippen molar-refractivity contribution < 1.29 is 33.6 Å². The summed E-state index contributed by atoms with van der Waals surface area (Å²) in [6, 6.07) is 0. The molecule has 8 heteroatoms. The number of nitrogens with zero attached hydrogens (tertiary/aromatic N) is 1. The van der Waals surface area contributed by atoms with E-state index in [1.165, 1.54) is 51.4 Å².